The molecule has 1 aromatic rings. The number of rotatable bonds is 7. The largest absolute Gasteiger partial charge is 0.396 e. The van der Waals surface area contributed by atoms with E-state index in [1.54, 1.807) is 0 Å². The maximum atomic E-state index is 9.16. The molecular formula is C15H24BrNO. The number of nitrogens with one attached hydrogen (secondary N) is 1. The SMILES string of the molecule is CCC(CO)CNCC(C)(C)c1ccc(Br)cc1. The molecule has 0 aromatic heterocycles. The van der Waals surface area contributed by atoms with E-state index in [2.05, 4.69) is 66.3 Å². The van der Waals surface area contributed by atoms with Crippen molar-refractivity contribution in [2.75, 3.05) is 19.7 Å². The average Bonchev–Trinajstić information content (AvgIpc) is 2.35. The lowest BCUT2D eigenvalue weighted by molar-refractivity contribution is 0.216. The lowest BCUT2D eigenvalue weighted by atomic mass is 9.84. The van der Waals surface area contributed by atoms with Crippen molar-refractivity contribution in [1.29, 1.82) is 0 Å². The van der Waals surface area contributed by atoms with Gasteiger partial charge >= 0.3 is 0 Å². The van der Waals surface area contributed by atoms with Gasteiger partial charge in [0.25, 0.3) is 0 Å². The third kappa shape index (κ3) is 4.71. The third-order valence-corrected chi connectivity index (χ3v) is 3.99. The third-order valence-electron chi connectivity index (χ3n) is 3.46. The zero-order chi connectivity index (χ0) is 13.6. The molecule has 1 unspecified atom stereocenters. The molecular weight excluding hydrogens is 290 g/mol. The van der Waals surface area contributed by atoms with Crippen LogP contribution in [0.25, 0.3) is 0 Å². The molecule has 0 saturated carbocycles. The van der Waals surface area contributed by atoms with Crippen molar-refractivity contribution in [3.8, 4) is 0 Å². The van der Waals surface area contributed by atoms with Crippen molar-refractivity contribution < 1.29 is 5.11 Å². The molecule has 2 N–H and O–H groups in total. The second-order valence-corrected chi connectivity index (χ2v) is 6.39. The standard InChI is InChI=1S/C15H24BrNO/c1-4-12(10-18)9-17-11-15(2,3)13-5-7-14(16)8-6-13/h5-8,12,17-18H,4,9-11H2,1-3H3. The smallest absolute Gasteiger partial charge is 0.0471 e. The summed E-state index contributed by atoms with van der Waals surface area (Å²) in [6.45, 7) is 8.66. The van der Waals surface area contributed by atoms with Crippen molar-refractivity contribution in [1.82, 2.24) is 5.32 Å². The van der Waals surface area contributed by atoms with Gasteiger partial charge in [-0.15, -0.1) is 0 Å². The number of hydrogen-bond acceptors (Lipinski definition) is 2. The summed E-state index contributed by atoms with van der Waals surface area (Å²) in [6.07, 6.45) is 1.02. The minimum atomic E-state index is 0.106. The first-order chi connectivity index (χ1) is 8.49. The van der Waals surface area contributed by atoms with Crippen LogP contribution < -0.4 is 5.32 Å². The molecule has 3 heteroatoms. The van der Waals surface area contributed by atoms with Crippen molar-refractivity contribution in [3.05, 3.63) is 34.3 Å². The summed E-state index contributed by atoms with van der Waals surface area (Å²) in [5.41, 5.74) is 1.43. The maximum absolute atomic E-state index is 9.16. The van der Waals surface area contributed by atoms with Gasteiger partial charge in [-0.2, -0.15) is 0 Å². The van der Waals surface area contributed by atoms with Gasteiger partial charge in [0.2, 0.25) is 0 Å². The van der Waals surface area contributed by atoms with Gasteiger partial charge in [-0.05, 0) is 30.0 Å². The monoisotopic (exact) mass is 313 g/mol. The van der Waals surface area contributed by atoms with Gasteiger partial charge in [-0.3, -0.25) is 0 Å². The quantitative estimate of drug-likeness (QED) is 0.809. The van der Waals surface area contributed by atoms with Crippen LogP contribution in [0.4, 0.5) is 0 Å². The Kier molecular flexibility index (Phi) is 6.33. The molecule has 0 bridgehead atoms. The van der Waals surface area contributed by atoms with Crippen LogP contribution in [0.5, 0.6) is 0 Å². The molecule has 0 heterocycles. The van der Waals surface area contributed by atoms with Crippen LogP contribution in [-0.2, 0) is 5.41 Å². The van der Waals surface area contributed by atoms with Crippen LogP contribution in [0, 0.1) is 5.92 Å². The molecule has 1 aromatic carbocycles. The van der Waals surface area contributed by atoms with E-state index in [9.17, 15) is 0 Å². The average molecular weight is 314 g/mol. The van der Waals surface area contributed by atoms with E-state index >= 15 is 0 Å². The maximum Gasteiger partial charge on any atom is 0.0471 e. The molecule has 1 atom stereocenters. The first kappa shape index (κ1) is 15.7. The van der Waals surface area contributed by atoms with E-state index in [1.807, 2.05) is 0 Å². The molecule has 2 nitrogen and oxygen atoms in total. The van der Waals surface area contributed by atoms with E-state index in [1.165, 1.54) is 5.56 Å². The molecule has 0 aliphatic carbocycles. The van der Waals surface area contributed by atoms with Gasteiger partial charge in [0.15, 0.2) is 0 Å². The van der Waals surface area contributed by atoms with E-state index in [-0.39, 0.29) is 12.0 Å². The lowest BCUT2D eigenvalue weighted by Crippen LogP contribution is -2.36. The molecule has 0 spiro atoms. The topological polar surface area (TPSA) is 32.3 Å². The summed E-state index contributed by atoms with van der Waals surface area (Å²) in [4.78, 5) is 0. The highest BCUT2D eigenvalue weighted by molar-refractivity contribution is 9.10. The Morgan fingerprint density at radius 2 is 1.89 bits per heavy atom. The number of aliphatic hydroxyl groups is 1. The Balaban J connectivity index is 2.51. The van der Waals surface area contributed by atoms with Crippen LogP contribution >= 0.6 is 15.9 Å². The molecule has 0 radical (unpaired) electrons. The molecule has 0 amide bonds. The Labute approximate surface area is 119 Å². The van der Waals surface area contributed by atoms with Crippen molar-refractivity contribution in [2.24, 2.45) is 5.92 Å². The zero-order valence-corrected chi connectivity index (χ0v) is 13.1. The summed E-state index contributed by atoms with van der Waals surface area (Å²) in [6, 6.07) is 8.49. The predicted octanol–water partition coefficient (Wildman–Crippen LogP) is 3.33. The molecule has 102 valence electrons. The molecule has 0 fully saturated rings. The first-order valence-electron chi connectivity index (χ1n) is 6.57. The van der Waals surface area contributed by atoms with Crippen LogP contribution in [0.1, 0.15) is 32.8 Å². The van der Waals surface area contributed by atoms with E-state index in [0.29, 0.717) is 5.92 Å². The minimum Gasteiger partial charge on any atom is -0.396 e. The fourth-order valence-corrected chi connectivity index (χ4v) is 2.19. The Morgan fingerprint density at radius 1 is 1.28 bits per heavy atom. The number of hydrogen-bond donors (Lipinski definition) is 2. The van der Waals surface area contributed by atoms with Crippen LogP contribution in [-0.4, -0.2) is 24.8 Å². The summed E-state index contributed by atoms with van der Waals surface area (Å²) < 4.78 is 1.11. The van der Waals surface area contributed by atoms with Gasteiger partial charge in [-0.25, -0.2) is 0 Å². The van der Waals surface area contributed by atoms with Gasteiger partial charge in [0.05, 0.1) is 0 Å². The molecule has 0 saturated heterocycles. The minimum absolute atomic E-state index is 0.106. The van der Waals surface area contributed by atoms with Gasteiger partial charge in [0.1, 0.15) is 0 Å². The highest BCUT2D eigenvalue weighted by atomic mass is 79.9. The number of aliphatic hydroxyl groups excluding tert-OH is 1. The fourth-order valence-electron chi connectivity index (χ4n) is 1.93. The fraction of sp³-hybridized carbons (Fsp3) is 0.600. The van der Waals surface area contributed by atoms with Crippen molar-refractivity contribution in [3.63, 3.8) is 0 Å². The molecule has 0 aliphatic heterocycles. The predicted molar refractivity (Wildman–Crippen MR) is 80.9 cm³/mol. The number of benzene rings is 1. The Bertz CT molecular complexity index is 344. The Morgan fingerprint density at radius 3 is 2.39 bits per heavy atom. The number of halogens is 1. The second kappa shape index (κ2) is 7.27. The van der Waals surface area contributed by atoms with E-state index in [0.717, 1.165) is 24.0 Å². The molecule has 1 rings (SSSR count). The molecule has 18 heavy (non-hydrogen) atoms. The Hall–Kier alpha value is -0.380. The normalized spacial score (nSPS) is 13.6. The zero-order valence-electron chi connectivity index (χ0n) is 11.5. The summed E-state index contributed by atoms with van der Waals surface area (Å²) >= 11 is 3.46. The van der Waals surface area contributed by atoms with E-state index in [4.69, 9.17) is 5.11 Å². The highest BCUT2D eigenvalue weighted by Gasteiger charge is 2.20. The van der Waals surface area contributed by atoms with Crippen molar-refractivity contribution in [2.45, 2.75) is 32.6 Å². The lowest BCUT2D eigenvalue weighted by Gasteiger charge is -2.27. The molecule has 0 aliphatic rings. The van der Waals surface area contributed by atoms with Gasteiger partial charge in [-0.1, -0.05) is 48.8 Å². The highest BCUT2D eigenvalue weighted by Crippen LogP contribution is 2.24. The van der Waals surface area contributed by atoms with Crippen LogP contribution in [0.2, 0.25) is 0 Å². The first-order valence-corrected chi connectivity index (χ1v) is 7.36. The van der Waals surface area contributed by atoms with Crippen molar-refractivity contribution >= 4 is 15.9 Å². The summed E-state index contributed by atoms with van der Waals surface area (Å²) in [7, 11) is 0. The van der Waals surface area contributed by atoms with Gasteiger partial charge < -0.3 is 10.4 Å². The van der Waals surface area contributed by atoms with Gasteiger partial charge in [0, 0.05) is 29.6 Å². The summed E-state index contributed by atoms with van der Waals surface area (Å²) in [5.74, 6) is 0.366. The van der Waals surface area contributed by atoms with Crippen LogP contribution in [0.15, 0.2) is 28.7 Å². The van der Waals surface area contributed by atoms with E-state index < -0.39 is 0 Å². The van der Waals surface area contributed by atoms with Crippen LogP contribution in [0.3, 0.4) is 0 Å². The summed E-state index contributed by atoms with van der Waals surface area (Å²) in [5, 5.41) is 12.6. The second-order valence-electron chi connectivity index (χ2n) is 5.48.